The Labute approximate surface area is 122 Å². The molecule has 0 unspecified atom stereocenters. The summed E-state index contributed by atoms with van der Waals surface area (Å²) < 4.78 is 1.77. The van der Waals surface area contributed by atoms with Crippen LogP contribution in [0, 0.1) is 5.92 Å². The van der Waals surface area contributed by atoms with Gasteiger partial charge < -0.3 is 4.90 Å². The highest BCUT2D eigenvalue weighted by Gasteiger charge is 2.15. The van der Waals surface area contributed by atoms with Gasteiger partial charge in [-0.1, -0.05) is 32.1 Å². The summed E-state index contributed by atoms with van der Waals surface area (Å²) in [5, 5.41) is 4.13. The quantitative estimate of drug-likeness (QED) is 0.801. The van der Waals surface area contributed by atoms with Gasteiger partial charge in [-0.2, -0.15) is 5.10 Å². The maximum absolute atomic E-state index is 12.1. The van der Waals surface area contributed by atoms with Gasteiger partial charge in [-0.15, -0.1) is 0 Å². The Hall–Kier alpha value is -1.32. The smallest absolute Gasteiger partial charge is 0.222 e. The lowest BCUT2D eigenvalue weighted by Gasteiger charge is -2.22. The van der Waals surface area contributed by atoms with Crippen LogP contribution in [0.3, 0.4) is 0 Å². The molecule has 0 bridgehead atoms. The molecule has 0 atom stereocenters. The standard InChI is InChI=1S/C16H27N3O/c1-18(12-15-11-17-19(2)13-15)16(20)10-6-9-14-7-4-3-5-8-14/h11,13-14H,3-10,12H2,1-2H3. The van der Waals surface area contributed by atoms with E-state index in [1.807, 2.05) is 31.4 Å². The largest absolute Gasteiger partial charge is 0.341 e. The van der Waals surface area contributed by atoms with Gasteiger partial charge in [-0.05, 0) is 18.8 Å². The van der Waals surface area contributed by atoms with Crippen LogP contribution in [0.4, 0.5) is 0 Å². The lowest BCUT2D eigenvalue weighted by molar-refractivity contribution is -0.130. The van der Waals surface area contributed by atoms with Gasteiger partial charge >= 0.3 is 0 Å². The first-order valence-electron chi connectivity index (χ1n) is 7.86. The highest BCUT2D eigenvalue weighted by atomic mass is 16.2. The number of aryl methyl sites for hydroxylation is 1. The van der Waals surface area contributed by atoms with Gasteiger partial charge in [0, 0.05) is 38.8 Å². The van der Waals surface area contributed by atoms with E-state index in [-0.39, 0.29) is 5.91 Å². The van der Waals surface area contributed by atoms with Gasteiger partial charge in [0.15, 0.2) is 0 Å². The SMILES string of the molecule is CN(Cc1cnn(C)c1)C(=O)CCCC1CCCCC1. The van der Waals surface area contributed by atoms with E-state index in [0.717, 1.165) is 17.9 Å². The van der Waals surface area contributed by atoms with E-state index in [1.165, 1.54) is 38.5 Å². The summed E-state index contributed by atoms with van der Waals surface area (Å²) in [6.07, 6.45) is 13.7. The summed E-state index contributed by atoms with van der Waals surface area (Å²) in [6.45, 7) is 0.663. The highest BCUT2D eigenvalue weighted by Crippen LogP contribution is 2.27. The minimum absolute atomic E-state index is 0.254. The Morgan fingerprint density at radius 1 is 1.40 bits per heavy atom. The monoisotopic (exact) mass is 277 g/mol. The average molecular weight is 277 g/mol. The van der Waals surface area contributed by atoms with E-state index in [4.69, 9.17) is 0 Å². The number of rotatable bonds is 6. The van der Waals surface area contributed by atoms with E-state index < -0.39 is 0 Å². The number of hydrogen-bond acceptors (Lipinski definition) is 2. The molecule has 4 heteroatoms. The summed E-state index contributed by atoms with van der Waals surface area (Å²) in [5.41, 5.74) is 1.09. The second-order valence-electron chi connectivity index (χ2n) is 6.17. The van der Waals surface area contributed by atoms with Crippen molar-refractivity contribution < 1.29 is 4.79 Å². The molecule has 112 valence electrons. The second kappa shape index (κ2) is 7.46. The molecule has 1 aliphatic carbocycles. The molecule has 2 rings (SSSR count). The van der Waals surface area contributed by atoms with Gasteiger partial charge in [0.25, 0.3) is 0 Å². The number of carbonyl (C=O) groups is 1. The van der Waals surface area contributed by atoms with Crippen molar-refractivity contribution in [3.8, 4) is 0 Å². The molecule has 0 spiro atoms. The first-order valence-corrected chi connectivity index (χ1v) is 7.86. The van der Waals surface area contributed by atoms with Crippen molar-refractivity contribution in [3.63, 3.8) is 0 Å². The Bertz CT molecular complexity index is 421. The van der Waals surface area contributed by atoms with Crippen LogP contribution in [0.1, 0.15) is 56.9 Å². The van der Waals surface area contributed by atoms with E-state index in [2.05, 4.69) is 5.10 Å². The predicted molar refractivity (Wildman–Crippen MR) is 80.1 cm³/mol. The van der Waals surface area contributed by atoms with Gasteiger partial charge in [0.1, 0.15) is 0 Å². The molecule has 1 heterocycles. The van der Waals surface area contributed by atoms with Crippen LogP contribution in [-0.4, -0.2) is 27.6 Å². The predicted octanol–water partition coefficient (Wildman–Crippen LogP) is 3.13. The topological polar surface area (TPSA) is 38.1 Å². The Kier molecular flexibility index (Phi) is 5.62. The zero-order valence-corrected chi connectivity index (χ0v) is 12.8. The Morgan fingerprint density at radius 3 is 2.80 bits per heavy atom. The number of hydrogen-bond donors (Lipinski definition) is 0. The molecule has 1 aromatic heterocycles. The van der Waals surface area contributed by atoms with Gasteiger partial charge in [-0.25, -0.2) is 0 Å². The van der Waals surface area contributed by atoms with E-state index in [9.17, 15) is 4.79 Å². The molecule has 1 amide bonds. The van der Waals surface area contributed by atoms with Gasteiger partial charge in [0.2, 0.25) is 5.91 Å². The number of aromatic nitrogens is 2. The molecular formula is C16H27N3O. The van der Waals surface area contributed by atoms with Crippen LogP contribution in [0.15, 0.2) is 12.4 Å². The van der Waals surface area contributed by atoms with Crippen LogP contribution < -0.4 is 0 Å². The number of carbonyl (C=O) groups excluding carboxylic acids is 1. The fraction of sp³-hybridized carbons (Fsp3) is 0.750. The van der Waals surface area contributed by atoms with Crippen molar-refractivity contribution in [2.24, 2.45) is 13.0 Å². The van der Waals surface area contributed by atoms with Crippen LogP contribution in [-0.2, 0) is 18.4 Å². The molecule has 1 saturated carbocycles. The molecule has 1 aromatic rings. The van der Waals surface area contributed by atoms with Crippen LogP contribution in [0.5, 0.6) is 0 Å². The number of amides is 1. The summed E-state index contributed by atoms with van der Waals surface area (Å²) >= 11 is 0. The van der Waals surface area contributed by atoms with Crippen LogP contribution >= 0.6 is 0 Å². The average Bonchev–Trinajstić information content (AvgIpc) is 2.85. The first-order chi connectivity index (χ1) is 9.65. The lowest BCUT2D eigenvalue weighted by atomic mass is 9.86. The summed E-state index contributed by atoms with van der Waals surface area (Å²) in [4.78, 5) is 13.9. The van der Waals surface area contributed by atoms with Crippen molar-refractivity contribution in [2.45, 2.75) is 57.9 Å². The summed E-state index contributed by atoms with van der Waals surface area (Å²) in [5.74, 6) is 1.13. The van der Waals surface area contributed by atoms with E-state index in [0.29, 0.717) is 13.0 Å². The first kappa shape index (κ1) is 15.1. The molecule has 4 nitrogen and oxygen atoms in total. The van der Waals surface area contributed by atoms with Crippen molar-refractivity contribution in [3.05, 3.63) is 18.0 Å². The molecule has 0 N–H and O–H groups in total. The summed E-state index contributed by atoms with van der Waals surface area (Å²) in [6, 6.07) is 0. The van der Waals surface area contributed by atoms with Crippen molar-refractivity contribution in [1.82, 2.24) is 14.7 Å². The highest BCUT2D eigenvalue weighted by molar-refractivity contribution is 5.75. The third-order valence-corrected chi connectivity index (χ3v) is 4.33. The minimum Gasteiger partial charge on any atom is -0.341 e. The molecule has 1 fully saturated rings. The van der Waals surface area contributed by atoms with Crippen molar-refractivity contribution in [2.75, 3.05) is 7.05 Å². The third kappa shape index (κ3) is 4.66. The second-order valence-corrected chi connectivity index (χ2v) is 6.17. The molecule has 0 saturated heterocycles. The molecular weight excluding hydrogens is 250 g/mol. The minimum atomic E-state index is 0.254. The Morgan fingerprint density at radius 2 is 2.15 bits per heavy atom. The molecule has 0 aliphatic heterocycles. The van der Waals surface area contributed by atoms with E-state index >= 15 is 0 Å². The molecule has 1 aliphatic rings. The van der Waals surface area contributed by atoms with Crippen molar-refractivity contribution >= 4 is 5.91 Å². The fourth-order valence-corrected chi connectivity index (χ4v) is 3.12. The number of nitrogens with zero attached hydrogens (tertiary/aromatic N) is 3. The van der Waals surface area contributed by atoms with Crippen LogP contribution in [0.25, 0.3) is 0 Å². The van der Waals surface area contributed by atoms with E-state index in [1.54, 1.807) is 4.68 Å². The lowest BCUT2D eigenvalue weighted by Crippen LogP contribution is -2.25. The van der Waals surface area contributed by atoms with Crippen LogP contribution in [0.2, 0.25) is 0 Å². The molecule has 0 radical (unpaired) electrons. The molecule has 0 aromatic carbocycles. The zero-order valence-electron chi connectivity index (χ0n) is 12.8. The Balaban J connectivity index is 1.65. The third-order valence-electron chi connectivity index (χ3n) is 4.33. The van der Waals surface area contributed by atoms with Crippen molar-refractivity contribution in [1.29, 1.82) is 0 Å². The van der Waals surface area contributed by atoms with Gasteiger partial charge in [0.05, 0.1) is 6.20 Å². The molecule has 20 heavy (non-hydrogen) atoms. The zero-order chi connectivity index (χ0) is 14.4. The fourth-order valence-electron chi connectivity index (χ4n) is 3.12. The van der Waals surface area contributed by atoms with Gasteiger partial charge in [-0.3, -0.25) is 9.48 Å². The maximum Gasteiger partial charge on any atom is 0.222 e. The summed E-state index contributed by atoms with van der Waals surface area (Å²) in [7, 11) is 3.78. The normalized spacial score (nSPS) is 16.3. The maximum atomic E-state index is 12.1.